The molecule has 0 saturated carbocycles. The number of aromatic nitrogens is 4. The highest BCUT2D eigenvalue weighted by molar-refractivity contribution is 14.1. The number of hydrogen-bond donors (Lipinski definition) is 10. The van der Waals surface area contributed by atoms with Crippen LogP contribution in [0.2, 0.25) is 5.15 Å². The number of fused-ring (bicyclic) bond motifs is 4. The average Bonchev–Trinajstić information content (AvgIpc) is 1.59. The van der Waals surface area contributed by atoms with Gasteiger partial charge in [-0.15, -0.1) is 79.4 Å². The monoisotopic (exact) mass is 2440 g/mol. The molecule has 15 rings (SSSR count). The molecule has 11 N–H and O–H groups in total. The second kappa shape index (κ2) is 77.9. The first-order valence-corrected chi connectivity index (χ1v) is 57.5. The number of aryl methyl sites for hydroxylation is 13. The molecule has 0 aliphatic rings. The van der Waals surface area contributed by atoms with Crippen LogP contribution in [0.5, 0.6) is 0 Å². The number of carbonyl (C=O) groups is 3. The van der Waals surface area contributed by atoms with E-state index in [-0.39, 0.29) is 88.7 Å². The summed E-state index contributed by atoms with van der Waals surface area (Å²) in [5.41, 5.74) is 26.7. The van der Waals surface area contributed by atoms with E-state index >= 15 is 0 Å². The first-order valence-electron chi connectivity index (χ1n) is 40.9. The van der Waals surface area contributed by atoms with E-state index in [9.17, 15) is 23.7 Å². The van der Waals surface area contributed by atoms with Crippen LogP contribution in [0.4, 0.5) is 0 Å². The van der Waals surface area contributed by atoms with Crippen molar-refractivity contribution in [2.24, 2.45) is 5.73 Å². The van der Waals surface area contributed by atoms with Gasteiger partial charge in [0.2, 0.25) is 9.23 Å². The van der Waals surface area contributed by atoms with Crippen molar-refractivity contribution < 1.29 is 84.8 Å². The number of aromatic carboxylic acids is 1. The van der Waals surface area contributed by atoms with Crippen molar-refractivity contribution in [1.82, 2.24) is 25.3 Å². The molecule has 15 aromatic rings. The Morgan fingerprint density at radius 2 is 0.841 bits per heavy atom. The number of carboxylic acids is 1. The summed E-state index contributed by atoms with van der Waals surface area (Å²) in [6.07, 6.45) is 6.68. The predicted molar refractivity (Wildman–Crippen MR) is 643 cm³/mol. The Balaban J connectivity index is -0.000000366. The number of nitrogens with one attached hydrogen (secondary N) is 2. The number of carbonyl (C=O) groups excluding carboxylic acids is 2. The van der Waals surface area contributed by atoms with Crippen molar-refractivity contribution in [2.75, 3.05) is 39.5 Å². The van der Waals surface area contributed by atoms with Gasteiger partial charge in [0.05, 0.1) is 49.4 Å². The van der Waals surface area contributed by atoms with E-state index in [1.54, 1.807) is 83.6 Å². The summed E-state index contributed by atoms with van der Waals surface area (Å²) < 4.78 is 76.9. The molecule has 0 aliphatic carbocycles. The normalized spacial score (nSPS) is 9.92. The van der Waals surface area contributed by atoms with Crippen molar-refractivity contribution in [3.8, 4) is 22.5 Å². The van der Waals surface area contributed by atoms with Crippen LogP contribution in [0.1, 0.15) is 188 Å². The maximum absolute atomic E-state index is 11.8. The zero-order valence-electron chi connectivity index (χ0n) is 77.5. The molecule has 0 saturated heterocycles. The fourth-order valence-corrected chi connectivity index (χ4v) is 19.4. The lowest BCUT2D eigenvalue weighted by Gasteiger charge is -2.17. The molecule has 0 unspecified atom stereocenters. The lowest BCUT2D eigenvalue weighted by Crippen LogP contribution is -2.35. The molecule has 4 aromatic carbocycles. The fourth-order valence-electron chi connectivity index (χ4n) is 11.8. The quantitative estimate of drug-likeness (QED) is 0.00725. The van der Waals surface area contributed by atoms with Gasteiger partial charge in [-0.3, -0.25) is 38.0 Å². The number of rotatable bonds is 18. The van der Waals surface area contributed by atoms with Gasteiger partial charge >= 0.3 is 35.8 Å². The lowest BCUT2D eigenvalue weighted by atomic mass is 9.79. The van der Waals surface area contributed by atoms with Gasteiger partial charge in [-0.25, -0.2) is 14.0 Å². The van der Waals surface area contributed by atoms with Crippen LogP contribution in [0.15, 0.2) is 189 Å². The number of nitrogens with two attached hydrogens (primary N) is 1. The molecule has 0 spiro atoms. The summed E-state index contributed by atoms with van der Waals surface area (Å²) in [7, 11) is -0.00327. The van der Waals surface area contributed by atoms with Gasteiger partial charge in [0.25, 0.3) is 16.7 Å². The van der Waals surface area contributed by atoms with Crippen LogP contribution in [0.25, 0.3) is 62.9 Å². The van der Waals surface area contributed by atoms with Crippen molar-refractivity contribution in [3.05, 3.63) is 290 Å². The summed E-state index contributed by atoms with van der Waals surface area (Å²) in [6, 6.07) is 40.9. The minimum atomic E-state index is -4.67. The minimum Gasteiger partial charge on any atom is -0.477 e. The number of H-pyrrole nitrogens is 1. The summed E-state index contributed by atoms with van der Waals surface area (Å²) in [6.45, 7) is 37.5. The van der Waals surface area contributed by atoms with Gasteiger partial charge in [-0.05, 0) is 340 Å². The second-order valence-corrected chi connectivity index (χ2v) is 47.9. The smallest absolute Gasteiger partial charge is 0.477 e. The second-order valence-electron chi connectivity index (χ2n) is 28.9. The van der Waals surface area contributed by atoms with Gasteiger partial charge < -0.3 is 60.2 Å². The van der Waals surface area contributed by atoms with Gasteiger partial charge in [0, 0.05) is 106 Å². The number of nitrogens with zero attached hydrogens (tertiary/aromatic N) is 3. The van der Waals surface area contributed by atoms with Crippen molar-refractivity contribution in [3.63, 3.8) is 0 Å². The predicted octanol–water partition coefficient (Wildman–Crippen LogP) is 29.9. The molecule has 11 aromatic heterocycles. The molecular weight excluding hydrogens is 2310 g/mol. The van der Waals surface area contributed by atoms with E-state index in [1.165, 1.54) is 129 Å². The zero-order chi connectivity index (χ0) is 103. The number of ether oxygens (including phenoxy) is 4. The van der Waals surface area contributed by atoms with E-state index < -0.39 is 45.0 Å². The number of carboxylic acid groups (broad SMARTS) is 1. The van der Waals surface area contributed by atoms with E-state index in [0.717, 1.165) is 54.0 Å². The number of hydrogen-bond acceptors (Lipinski definition) is 27. The number of pyridine rings is 4. The van der Waals surface area contributed by atoms with E-state index in [2.05, 4.69) is 211 Å². The van der Waals surface area contributed by atoms with Crippen LogP contribution in [0, 0.1) is 92.9 Å². The molecule has 11 heterocycles. The van der Waals surface area contributed by atoms with E-state index in [4.69, 9.17) is 94.8 Å². The van der Waals surface area contributed by atoms with Crippen LogP contribution in [-0.2, 0) is 43.1 Å². The first-order chi connectivity index (χ1) is 64.3. The third kappa shape index (κ3) is 59.3. The maximum atomic E-state index is 11.8. The summed E-state index contributed by atoms with van der Waals surface area (Å²) in [5.74, 6) is -0.916. The summed E-state index contributed by atoms with van der Waals surface area (Å²) in [4.78, 5) is 61.2. The Hall–Kier alpha value is -6.39. The lowest BCUT2D eigenvalue weighted by molar-refractivity contribution is -0.131. The maximum Gasteiger partial charge on any atom is 0.488 e. The van der Waals surface area contributed by atoms with Crippen LogP contribution in [-0.4, -0.2) is 150 Å². The number of halogens is 8. The number of amides is 1. The topological polar surface area (TPSA) is 408 Å². The van der Waals surface area contributed by atoms with Crippen molar-refractivity contribution in [1.29, 1.82) is 0 Å². The molecule has 0 atom stereocenters. The van der Waals surface area contributed by atoms with Gasteiger partial charge in [-0.1, -0.05) is 165 Å². The molecule has 1 amide bonds. The standard InChI is InChI=1S/C16H14INS.C16H15NS.C12H19NO3S.C8H11BO2.C8H6ClNS.C8H7NOS.C6H7BO2.C6H5ClOS.C6H15NO2.C6H6O2S.8CH4.Cl3OP.Cl2OS.H2O4S/c1-9-6-10(2)8-12(7-9)14-15-13(4-5-18-14)11(3)16(17)19-15;1-10-6-11(2)8-13(7-10)15-16-14(4-5-17-15)12(3)9-18-16;1-4-15-11(16-5-2)7-13-12(14)10-6-9(3)8-17-10;1-6-3-7(2)5-8(4-6)9(10)11;1-5-4-11-7-6(5)2-3-10-8(7)9;1-5-4-11-7-6(5)2-3-9-8(7)10;8-7(9)6-4-2-1-3-5-6;1-4-2-5(6(7)8)9-3-4;1-3-8-6(5-7)9-4-2;1-4-2-5(6(7)8)9-3-4;;;;;;;;;1-5(2,3)4;1-4(2)3;1-5(2,3)4/h4-8H,1-3H3;4-9H,1-3H3;6,8,11H,4-5,7H2,1-3H3,(H,13,14);3-5,10-11H,1-2H3;2-4H,1H3;2-4H,1H3,(H,9,10);1-5,8-9H;2-3H,1H3;6H,3-5,7H2,1-2H3;2-3H,1H3,(H,7,8);8*1H4;;;(H2,1,2,3,4). The minimum absolute atomic E-state index is 0. The largest absolute Gasteiger partial charge is 0.488 e. The molecule has 0 aliphatic heterocycles. The summed E-state index contributed by atoms with van der Waals surface area (Å²) >= 11 is 38.2. The molecule has 45 heteroatoms. The third-order valence-electron chi connectivity index (χ3n) is 17.3. The van der Waals surface area contributed by atoms with Crippen LogP contribution in [0.3, 0.4) is 0 Å². The number of benzene rings is 4. The Morgan fingerprint density at radius 1 is 0.497 bits per heavy atom. The molecular formula is C100H139B2Cl7IN6O19PS9. The Labute approximate surface area is 935 Å². The Bertz CT molecular complexity index is 6390. The Morgan fingerprint density at radius 3 is 1.18 bits per heavy atom. The van der Waals surface area contributed by atoms with E-state index in [0.29, 0.717) is 70.2 Å². The van der Waals surface area contributed by atoms with Gasteiger partial charge in [0.15, 0.2) is 12.6 Å². The number of thiophene rings is 7. The van der Waals surface area contributed by atoms with Gasteiger partial charge in [-0.2, -0.15) is 8.42 Å². The van der Waals surface area contributed by atoms with Crippen molar-refractivity contribution >= 4 is 288 Å². The molecule has 0 bridgehead atoms. The molecule has 0 fully saturated rings. The number of aromatic amines is 1. The SMILES string of the molecule is C.C.C.C.C.C.C.C.CCOC(CN)OCC.CCOC(CNC(=O)c1cc(C)cs1)OCC.Cc1cc(C)cc(-c2nccc3c(C)c(I)sc23)c1.Cc1cc(C)cc(-c2nccc3c(C)csc23)c1.Cc1cc(C)cc(B(O)O)c1.Cc1csc(C(=O)Cl)c1.Cc1csc(C(=O)O)c1.Cc1csc2c(=O)[nH]ccc12.Cc1csc2c(Cl)nccc12.O=P(Cl)(Cl)Cl.O=S(=O)(O)O.O=S(Cl)Cl.OB(O)c1ccccc1. The Kier molecular flexibility index (Phi) is 80.2. The highest BCUT2D eigenvalue weighted by Crippen LogP contribution is 2.61. The highest BCUT2D eigenvalue weighted by Gasteiger charge is 2.18. The fraction of sp³-hybridized carbons (Fsp3) is 0.330. The highest BCUT2D eigenvalue weighted by atomic mass is 127. The first kappa shape index (κ1) is 149. The van der Waals surface area contributed by atoms with E-state index in [1.807, 2.05) is 145 Å². The average molecular weight is 2450 g/mol. The van der Waals surface area contributed by atoms with Gasteiger partial charge in [0.1, 0.15) is 10.0 Å². The van der Waals surface area contributed by atoms with Crippen LogP contribution < -0.4 is 27.5 Å². The molecule has 0 radical (unpaired) electrons. The van der Waals surface area contributed by atoms with Crippen molar-refractivity contribution in [2.45, 2.75) is 190 Å². The molecule has 804 valence electrons. The summed E-state index contributed by atoms with van der Waals surface area (Å²) in [5, 5.41) is 60.0. The zero-order valence-corrected chi connectivity index (χ0v) is 93.2. The third-order valence-corrected chi connectivity index (χ3v) is 27.1. The molecule has 25 nitrogen and oxygen atoms in total. The van der Waals surface area contributed by atoms with Crippen LogP contribution >= 0.6 is 185 Å². The molecule has 145 heavy (non-hydrogen) atoms.